The van der Waals surface area contributed by atoms with Crippen LogP contribution in [0.15, 0.2) is 18.7 Å². The lowest BCUT2D eigenvalue weighted by atomic mass is 10.3. The van der Waals surface area contributed by atoms with Gasteiger partial charge in [0.15, 0.2) is 0 Å². The summed E-state index contributed by atoms with van der Waals surface area (Å²) in [5.74, 6) is 0. The van der Waals surface area contributed by atoms with Crippen molar-refractivity contribution < 1.29 is 17.3 Å². The zero-order valence-corrected chi connectivity index (χ0v) is 6.72. The molecule has 0 aliphatic carbocycles. The van der Waals surface area contributed by atoms with E-state index >= 15 is 0 Å². The molecular formula is C4H10BF4N3. The molecular weight excluding hydrogens is 177 g/mol. The largest absolute Gasteiger partial charge is 0.673 e. The molecule has 4 N–H and O–H groups in total. The standard InChI is InChI=1S/C4H6N2.BF4.H3N/c1-6-3-2-5-4-6;2-1(3,4)5;/h2-4H,1H3;;1H3/q;-1;/p+1. The summed E-state index contributed by atoms with van der Waals surface area (Å²) in [6, 6.07) is 0. The Labute approximate surface area is 67.1 Å². The van der Waals surface area contributed by atoms with Crippen molar-refractivity contribution in [1.82, 2.24) is 15.7 Å². The van der Waals surface area contributed by atoms with Crippen molar-refractivity contribution in [3.63, 3.8) is 0 Å². The molecule has 0 radical (unpaired) electrons. The van der Waals surface area contributed by atoms with Crippen molar-refractivity contribution in [3.05, 3.63) is 18.7 Å². The average molecular weight is 187 g/mol. The van der Waals surface area contributed by atoms with Crippen LogP contribution in [0.3, 0.4) is 0 Å². The second-order valence-corrected chi connectivity index (χ2v) is 1.72. The number of hydrogen-bond acceptors (Lipinski definition) is 1. The van der Waals surface area contributed by atoms with E-state index < -0.39 is 7.25 Å². The number of aryl methyl sites for hydroxylation is 1. The molecule has 0 fully saturated rings. The monoisotopic (exact) mass is 187 g/mol. The third-order valence-electron chi connectivity index (χ3n) is 0.637. The van der Waals surface area contributed by atoms with Gasteiger partial charge in [-0.15, -0.1) is 0 Å². The lowest BCUT2D eigenvalue weighted by Crippen LogP contribution is -2.02. The molecule has 0 unspecified atom stereocenters. The third-order valence-corrected chi connectivity index (χ3v) is 0.637. The van der Waals surface area contributed by atoms with E-state index in [-0.39, 0.29) is 6.15 Å². The molecule has 1 rings (SSSR count). The van der Waals surface area contributed by atoms with Gasteiger partial charge in [0.05, 0.1) is 6.33 Å². The average Bonchev–Trinajstić information content (AvgIpc) is 2.12. The number of rotatable bonds is 0. The van der Waals surface area contributed by atoms with Crippen LogP contribution in [-0.2, 0) is 7.05 Å². The van der Waals surface area contributed by atoms with E-state index in [9.17, 15) is 17.3 Å². The smallest absolute Gasteiger partial charge is 0.418 e. The van der Waals surface area contributed by atoms with E-state index in [1.807, 2.05) is 17.8 Å². The molecule has 12 heavy (non-hydrogen) atoms. The summed E-state index contributed by atoms with van der Waals surface area (Å²) in [4.78, 5) is 3.78. The van der Waals surface area contributed by atoms with Crippen LogP contribution in [0, 0.1) is 0 Å². The highest BCUT2D eigenvalue weighted by atomic mass is 19.5. The highest BCUT2D eigenvalue weighted by molar-refractivity contribution is 6.50. The Kier molecular flexibility index (Phi) is 6.30. The number of aromatic nitrogens is 2. The Balaban J connectivity index is 0. The number of hydrogen-bond donors (Lipinski definition) is 1. The highest BCUT2D eigenvalue weighted by Gasteiger charge is 2.20. The van der Waals surface area contributed by atoms with Crippen LogP contribution in [0.25, 0.3) is 0 Å². The van der Waals surface area contributed by atoms with E-state index in [0.717, 1.165) is 0 Å². The molecule has 72 valence electrons. The molecule has 1 aromatic heterocycles. The van der Waals surface area contributed by atoms with Crippen molar-refractivity contribution in [2.75, 3.05) is 0 Å². The van der Waals surface area contributed by atoms with Gasteiger partial charge in [-0.3, -0.25) is 0 Å². The summed E-state index contributed by atoms with van der Waals surface area (Å²) in [5.41, 5.74) is 0. The summed E-state index contributed by atoms with van der Waals surface area (Å²) < 4.78 is 40.9. The fourth-order valence-corrected chi connectivity index (χ4v) is 0.326. The van der Waals surface area contributed by atoms with Gasteiger partial charge in [0, 0.05) is 19.4 Å². The van der Waals surface area contributed by atoms with E-state index in [1.165, 1.54) is 0 Å². The molecule has 1 heterocycles. The first-order valence-electron chi connectivity index (χ1n) is 2.69. The van der Waals surface area contributed by atoms with Crippen molar-refractivity contribution in [3.8, 4) is 0 Å². The molecule has 0 saturated carbocycles. The molecule has 0 aliphatic heterocycles. The van der Waals surface area contributed by atoms with Gasteiger partial charge in [-0.25, -0.2) is 4.98 Å². The van der Waals surface area contributed by atoms with Gasteiger partial charge < -0.3 is 28.0 Å². The van der Waals surface area contributed by atoms with Gasteiger partial charge in [0.2, 0.25) is 0 Å². The minimum atomic E-state index is -6.00. The SMILES string of the molecule is Cn1ccnc1.F[B-](F)(F)F.[NH4+]. The normalized spacial score (nSPS) is 9.42. The van der Waals surface area contributed by atoms with Crippen molar-refractivity contribution in [2.45, 2.75) is 0 Å². The molecule has 0 bridgehead atoms. The number of imidazole rings is 1. The summed E-state index contributed by atoms with van der Waals surface area (Å²) in [6.07, 6.45) is 5.39. The van der Waals surface area contributed by atoms with Gasteiger partial charge >= 0.3 is 7.25 Å². The van der Waals surface area contributed by atoms with Crippen LogP contribution in [0.2, 0.25) is 0 Å². The predicted molar refractivity (Wildman–Crippen MR) is 39.4 cm³/mol. The Morgan fingerprint density at radius 1 is 1.25 bits per heavy atom. The molecule has 3 nitrogen and oxygen atoms in total. The van der Waals surface area contributed by atoms with Crippen LogP contribution < -0.4 is 6.15 Å². The quantitative estimate of drug-likeness (QED) is 0.490. The Hall–Kier alpha value is -1.05. The van der Waals surface area contributed by atoms with E-state index in [0.29, 0.717) is 0 Å². The third kappa shape index (κ3) is 16.0. The van der Waals surface area contributed by atoms with Crippen molar-refractivity contribution in [1.29, 1.82) is 0 Å². The van der Waals surface area contributed by atoms with Gasteiger partial charge in [-0.05, 0) is 0 Å². The summed E-state index contributed by atoms with van der Waals surface area (Å²) >= 11 is 0. The highest BCUT2D eigenvalue weighted by Crippen LogP contribution is 2.06. The van der Waals surface area contributed by atoms with Crippen LogP contribution in [0.4, 0.5) is 17.3 Å². The predicted octanol–water partition coefficient (Wildman–Crippen LogP) is 2.10. The molecule has 0 aromatic carbocycles. The molecule has 0 saturated heterocycles. The molecule has 8 heteroatoms. The lowest BCUT2D eigenvalue weighted by Gasteiger charge is -1.94. The lowest BCUT2D eigenvalue weighted by molar-refractivity contribution is 0.368. The Morgan fingerprint density at radius 2 is 1.67 bits per heavy atom. The molecule has 0 amide bonds. The minimum absolute atomic E-state index is 0. The first-order valence-corrected chi connectivity index (χ1v) is 2.69. The van der Waals surface area contributed by atoms with Gasteiger partial charge in [0.25, 0.3) is 0 Å². The Bertz CT molecular complexity index is 179. The van der Waals surface area contributed by atoms with Crippen LogP contribution in [0.1, 0.15) is 0 Å². The zero-order valence-electron chi connectivity index (χ0n) is 6.72. The van der Waals surface area contributed by atoms with Crippen molar-refractivity contribution in [2.24, 2.45) is 7.05 Å². The van der Waals surface area contributed by atoms with Crippen molar-refractivity contribution >= 4 is 7.25 Å². The van der Waals surface area contributed by atoms with E-state index in [4.69, 9.17) is 0 Å². The maximum Gasteiger partial charge on any atom is 0.673 e. The number of nitrogens with zero attached hydrogens (tertiary/aromatic N) is 2. The first-order chi connectivity index (χ1) is 4.89. The molecule has 0 atom stereocenters. The second kappa shape index (κ2) is 5.59. The Morgan fingerprint density at radius 3 is 1.75 bits per heavy atom. The molecule has 0 spiro atoms. The number of quaternary nitrogens is 1. The topological polar surface area (TPSA) is 54.3 Å². The minimum Gasteiger partial charge on any atom is -0.418 e. The summed E-state index contributed by atoms with van der Waals surface area (Å²) in [7, 11) is -4.06. The maximum absolute atomic E-state index is 9.75. The first kappa shape index (κ1) is 13.5. The fraction of sp³-hybridized carbons (Fsp3) is 0.250. The zero-order chi connectivity index (χ0) is 8.91. The summed E-state index contributed by atoms with van der Waals surface area (Å²) in [5, 5.41) is 0. The van der Waals surface area contributed by atoms with Gasteiger partial charge in [-0.1, -0.05) is 0 Å². The molecule has 1 aromatic rings. The maximum atomic E-state index is 9.75. The van der Waals surface area contributed by atoms with E-state index in [1.54, 1.807) is 12.5 Å². The van der Waals surface area contributed by atoms with Gasteiger partial charge in [0.1, 0.15) is 0 Å². The number of halogens is 4. The van der Waals surface area contributed by atoms with Crippen LogP contribution >= 0.6 is 0 Å². The van der Waals surface area contributed by atoms with Crippen LogP contribution in [-0.4, -0.2) is 16.8 Å². The van der Waals surface area contributed by atoms with Crippen LogP contribution in [0.5, 0.6) is 0 Å². The fourth-order valence-electron chi connectivity index (χ4n) is 0.326. The summed E-state index contributed by atoms with van der Waals surface area (Å²) in [6.45, 7) is 0. The second-order valence-electron chi connectivity index (χ2n) is 1.72. The van der Waals surface area contributed by atoms with E-state index in [2.05, 4.69) is 4.98 Å². The van der Waals surface area contributed by atoms with Gasteiger partial charge in [-0.2, -0.15) is 0 Å². The molecule has 0 aliphatic rings.